The number of hydrogen-bond acceptors (Lipinski definition) is 13. The number of carbonyl (C=O) groups is 3. The second-order valence-corrected chi connectivity index (χ2v) is 17.8. The first kappa shape index (κ1) is 44.5. The van der Waals surface area contributed by atoms with Crippen molar-refractivity contribution in [2.45, 2.75) is 46.9 Å². The summed E-state index contributed by atoms with van der Waals surface area (Å²) < 4.78 is 5.59. The van der Waals surface area contributed by atoms with E-state index in [1.807, 2.05) is 64.1 Å². The number of hydrogen-bond donors (Lipinski definition) is 2. The Hall–Kier alpha value is -7.09. The van der Waals surface area contributed by atoms with Crippen molar-refractivity contribution < 1.29 is 24.2 Å². The Morgan fingerprint density at radius 1 is 0.738 bits per heavy atom. The molecule has 2 aliphatic heterocycles. The minimum absolute atomic E-state index is 0.00417. The normalized spacial score (nSPS) is 16.2. The Balaban J connectivity index is 1.34. The number of carbonyl (C=O) groups excluding carboxylic acids is 3. The Labute approximate surface area is 384 Å². The number of urea groups is 2. The van der Waals surface area contributed by atoms with E-state index in [4.69, 9.17) is 14.7 Å². The van der Waals surface area contributed by atoms with E-state index in [0.717, 1.165) is 43.7 Å². The lowest BCUT2D eigenvalue weighted by molar-refractivity contribution is -0.131. The number of nitriles is 2. The van der Waals surface area contributed by atoms with Gasteiger partial charge in [0.05, 0.1) is 76.8 Å². The lowest BCUT2D eigenvalue weighted by atomic mass is 10.0. The number of benzene rings is 2. The fraction of sp³-hybridized carbons (Fsp3) is 0.298. The molecule has 0 aliphatic carbocycles. The van der Waals surface area contributed by atoms with E-state index in [1.54, 1.807) is 41.3 Å². The molecule has 2 aliphatic rings. The molecule has 16 nitrogen and oxygen atoms in total. The number of aromatic nitrogens is 4. The third-order valence-corrected chi connectivity index (χ3v) is 13.2. The second kappa shape index (κ2) is 18.9. The van der Waals surface area contributed by atoms with E-state index < -0.39 is 24.3 Å². The number of aliphatic hydroxyl groups excluding tert-OH is 1. The topological polar surface area (TPSA) is 205 Å². The number of piperazine rings is 1. The second-order valence-electron chi connectivity index (χ2n) is 15.9. The molecule has 1 unspecified atom stereocenters. The summed E-state index contributed by atoms with van der Waals surface area (Å²) in [7, 11) is 0. The van der Waals surface area contributed by atoms with Crippen LogP contribution >= 0.6 is 22.7 Å². The summed E-state index contributed by atoms with van der Waals surface area (Å²) in [5.74, 6) is -0.214. The van der Waals surface area contributed by atoms with Crippen molar-refractivity contribution in [1.29, 1.82) is 10.5 Å². The quantitative estimate of drug-likeness (QED) is 0.156. The van der Waals surface area contributed by atoms with Crippen LogP contribution in [-0.4, -0.2) is 116 Å². The highest BCUT2D eigenvalue weighted by Gasteiger charge is 2.40. The first-order chi connectivity index (χ1) is 31.3. The van der Waals surface area contributed by atoms with Crippen molar-refractivity contribution in [3.8, 4) is 55.5 Å². The van der Waals surface area contributed by atoms with Gasteiger partial charge in [0, 0.05) is 60.5 Å². The van der Waals surface area contributed by atoms with Crippen LogP contribution in [0, 0.1) is 50.4 Å². The Bertz CT molecular complexity index is 2710. The molecule has 2 aromatic carbocycles. The zero-order chi connectivity index (χ0) is 45.9. The van der Waals surface area contributed by atoms with Crippen molar-refractivity contribution in [2.24, 2.45) is 0 Å². The first-order valence-corrected chi connectivity index (χ1v) is 22.5. The number of nitrogens with zero attached hydrogens (tertiary/aromatic N) is 10. The number of anilines is 2. The van der Waals surface area contributed by atoms with E-state index >= 15 is 4.79 Å². The van der Waals surface area contributed by atoms with Gasteiger partial charge in [-0.1, -0.05) is 46.9 Å². The van der Waals surface area contributed by atoms with Crippen molar-refractivity contribution >= 4 is 50.9 Å². The number of ether oxygens (including phenoxy) is 1. The molecule has 6 aromatic rings. The van der Waals surface area contributed by atoms with Gasteiger partial charge < -0.3 is 25.0 Å². The van der Waals surface area contributed by atoms with Crippen LogP contribution in [0.4, 0.5) is 19.9 Å². The van der Waals surface area contributed by atoms with Gasteiger partial charge in [-0.2, -0.15) is 10.5 Å². The summed E-state index contributed by atoms with van der Waals surface area (Å²) in [5.41, 5.74) is 7.99. The summed E-state index contributed by atoms with van der Waals surface area (Å²) in [6.45, 7) is 9.69. The van der Waals surface area contributed by atoms with Crippen LogP contribution in [0.5, 0.6) is 0 Å². The van der Waals surface area contributed by atoms with Crippen LogP contribution in [0.25, 0.3) is 43.4 Å². The molecular weight excluding hydrogens is 863 g/mol. The van der Waals surface area contributed by atoms with Crippen LogP contribution in [0.15, 0.2) is 72.8 Å². The maximum atomic E-state index is 15.8. The van der Waals surface area contributed by atoms with Gasteiger partial charge in [-0.15, -0.1) is 0 Å². The third-order valence-electron chi connectivity index (χ3n) is 11.0. The summed E-state index contributed by atoms with van der Waals surface area (Å²) in [6, 6.07) is 25.4. The van der Waals surface area contributed by atoms with E-state index in [1.165, 1.54) is 44.3 Å². The Kier molecular flexibility index (Phi) is 13.0. The van der Waals surface area contributed by atoms with E-state index in [0.29, 0.717) is 33.6 Å². The van der Waals surface area contributed by atoms with Gasteiger partial charge in [0.1, 0.15) is 6.17 Å². The largest absolute Gasteiger partial charge is 0.394 e. The van der Waals surface area contributed by atoms with Crippen molar-refractivity contribution in [3.63, 3.8) is 0 Å². The number of thiazole rings is 2. The lowest BCUT2D eigenvalue weighted by Crippen LogP contribution is -2.65. The minimum atomic E-state index is -0.987. The lowest BCUT2D eigenvalue weighted by Gasteiger charge is -2.43. The predicted octanol–water partition coefficient (Wildman–Crippen LogP) is 7.19. The van der Waals surface area contributed by atoms with Gasteiger partial charge in [-0.3, -0.25) is 19.7 Å². The molecule has 0 saturated carbocycles. The fourth-order valence-corrected chi connectivity index (χ4v) is 10.2. The zero-order valence-corrected chi connectivity index (χ0v) is 38.0. The standard InChI is InChI=1S/C47H45N11O5S2/c1-27-16-36(17-28(2)50-27)42-40(34-10-6-8-32(20-34)22-48)53-45(64-42)58(46-54-41(35-11-7-9-33(21-35)23-49)43(65-46)37-18-29(3)51-30(4)19-37)47(62)57-13-12-55(31(5)60)25-39(57)52-44(61)56-14-15-63-38(24-56)26-59/h6-11,16-21,38-39,59H,12-15,24-26H2,1-5H3,(H,52,61)/t38?,39-/m1/s1. The first-order valence-electron chi connectivity index (χ1n) is 20.9. The van der Waals surface area contributed by atoms with Gasteiger partial charge in [0.2, 0.25) is 16.2 Å². The highest BCUT2D eigenvalue weighted by atomic mass is 32.1. The molecule has 2 fully saturated rings. The molecule has 0 radical (unpaired) electrons. The smallest absolute Gasteiger partial charge is 0.334 e. The summed E-state index contributed by atoms with van der Waals surface area (Å²) >= 11 is 2.54. The maximum Gasteiger partial charge on any atom is 0.334 e. The van der Waals surface area contributed by atoms with Gasteiger partial charge in [-0.05, 0) is 87.4 Å². The van der Waals surface area contributed by atoms with Crippen LogP contribution in [0.1, 0.15) is 40.8 Å². The number of pyridine rings is 2. The number of rotatable bonds is 8. The van der Waals surface area contributed by atoms with Crippen molar-refractivity contribution in [1.82, 2.24) is 40.0 Å². The summed E-state index contributed by atoms with van der Waals surface area (Å²) in [5, 5.41) is 33.2. The van der Waals surface area contributed by atoms with Crippen LogP contribution in [0.2, 0.25) is 0 Å². The van der Waals surface area contributed by atoms with Crippen molar-refractivity contribution in [3.05, 3.63) is 107 Å². The summed E-state index contributed by atoms with van der Waals surface area (Å²) in [4.78, 5) is 69.8. The molecule has 6 heterocycles. The minimum Gasteiger partial charge on any atom is -0.394 e. The molecule has 65 heavy (non-hydrogen) atoms. The molecular formula is C47H45N11O5S2. The average Bonchev–Trinajstić information content (AvgIpc) is 3.94. The van der Waals surface area contributed by atoms with Gasteiger partial charge >= 0.3 is 12.1 Å². The van der Waals surface area contributed by atoms with Gasteiger partial charge in [0.25, 0.3) is 0 Å². The molecule has 2 saturated heterocycles. The molecule has 18 heteroatoms. The molecule has 0 spiro atoms. The monoisotopic (exact) mass is 907 g/mol. The summed E-state index contributed by atoms with van der Waals surface area (Å²) in [6.07, 6.45) is -1.55. The highest BCUT2D eigenvalue weighted by molar-refractivity contribution is 7.22. The molecule has 2 N–H and O–H groups in total. The molecule has 5 amide bonds. The zero-order valence-electron chi connectivity index (χ0n) is 36.4. The SMILES string of the molecule is CC(=O)N1CCN(C(=O)N(c2nc(-c3cccc(C#N)c3)c(-c3cc(C)nc(C)c3)s2)c2nc(-c3cccc(C#N)c3)c(-c3cc(C)nc(C)c3)s2)[C@@H](NC(=O)N2CCOC(CO)C2)C1. The average molecular weight is 908 g/mol. The number of aliphatic hydroxyl groups is 1. The van der Waals surface area contributed by atoms with Gasteiger partial charge in [-0.25, -0.2) is 24.5 Å². The molecule has 0 bridgehead atoms. The van der Waals surface area contributed by atoms with Crippen molar-refractivity contribution in [2.75, 3.05) is 50.8 Å². The van der Waals surface area contributed by atoms with Gasteiger partial charge in [0.15, 0.2) is 0 Å². The molecule has 2 atom stereocenters. The number of morpholine rings is 1. The predicted molar refractivity (Wildman–Crippen MR) is 247 cm³/mol. The Morgan fingerprint density at radius 3 is 1.74 bits per heavy atom. The maximum absolute atomic E-state index is 15.8. The molecule has 8 rings (SSSR count). The van der Waals surface area contributed by atoms with E-state index in [-0.39, 0.29) is 62.1 Å². The van der Waals surface area contributed by atoms with Crippen LogP contribution in [0.3, 0.4) is 0 Å². The van der Waals surface area contributed by atoms with Crippen LogP contribution < -0.4 is 10.2 Å². The van der Waals surface area contributed by atoms with Crippen LogP contribution in [-0.2, 0) is 9.53 Å². The molecule has 330 valence electrons. The fourth-order valence-electron chi connectivity index (χ4n) is 8.04. The van der Waals surface area contributed by atoms with E-state index in [9.17, 15) is 25.2 Å². The number of aryl methyl sites for hydroxylation is 4. The van der Waals surface area contributed by atoms with E-state index in [2.05, 4.69) is 27.4 Å². The number of amides is 5. The Morgan fingerprint density at radius 2 is 1.26 bits per heavy atom. The highest BCUT2D eigenvalue weighted by Crippen LogP contribution is 2.47. The molecule has 4 aromatic heterocycles. The number of nitrogens with one attached hydrogen (secondary N) is 1. The third kappa shape index (κ3) is 9.57.